The minimum Gasteiger partial charge on any atom is -0.412 e. The lowest BCUT2D eigenvalue weighted by molar-refractivity contribution is 0.101. The number of rotatable bonds is 5. The number of nitrogens with two attached hydrogens (primary N) is 1. The van der Waals surface area contributed by atoms with E-state index >= 15 is 0 Å². The van der Waals surface area contributed by atoms with E-state index in [0.717, 1.165) is 5.56 Å². The van der Waals surface area contributed by atoms with Crippen LogP contribution in [0.25, 0.3) is 0 Å². The predicted octanol–water partition coefficient (Wildman–Crippen LogP) is 6.39. The molecule has 0 aliphatic carbocycles. The van der Waals surface area contributed by atoms with Gasteiger partial charge < -0.3 is 15.5 Å². The Kier molecular flexibility index (Phi) is 7.06. The Balaban J connectivity index is 2.28. The number of pyridine rings is 1. The van der Waals surface area contributed by atoms with Crippen molar-refractivity contribution < 1.29 is 9.22 Å². The molecule has 1 heterocycles. The van der Waals surface area contributed by atoms with Crippen LogP contribution in [0.15, 0.2) is 30.5 Å². The summed E-state index contributed by atoms with van der Waals surface area (Å²) in [5.74, 6) is -0.360. The van der Waals surface area contributed by atoms with Gasteiger partial charge in [-0.1, -0.05) is 59.2 Å². The van der Waals surface area contributed by atoms with Crippen LogP contribution in [-0.4, -0.2) is 19.2 Å². The molecule has 0 spiro atoms. The second-order valence-electron chi connectivity index (χ2n) is 10.2. The van der Waals surface area contributed by atoms with Crippen LogP contribution in [0.2, 0.25) is 23.2 Å². The third kappa shape index (κ3) is 5.62. The molecule has 164 valence electrons. The molecular formula is C23H34ClN3O2Si. The molecule has 0 bridgehead atoms. The molecule has 30 heavy (non-hydrogen) atoms. The maximum absolute atomic E-state index is 13.0. The van der Waals surface area contributed by atoms with Gasteiger partial charge in [0.2, 0.25) is 0 Å². The van der Waals surface area contributed by atoms with Gasteiger partial charge in [-0.2, -0.15) is 0 Å². The monoisotopic (exact) mass is 447 g/mol. The average Bonchev–Trinajstić information content (AvgIpc) is 2.60. The molecule has 0 unspecified atom stereocenters. The van der Waals surface area contributed by atoms with Crippen molar-refractivity contribution in [2.45, 2.75) is 71.7 Å². The Morgan fingerprint density at radius 2 is 1.80 bits per heavy atom. The highest BCUT2D eigenvalue weighted by Crippen LogP contribution is 2.37. The molecule has 0 aliphatic rings. The maximum atomic E-state index is 13.0. The zero-order valence-corrected chi connectivity index (χ0v) is 21.1. The number of aromatic nitrogens is 1. The lowest BCUT2D eigenvalue weighted by Gasteiger charge is -2.36. The molecule has 3 N–H and O–H groups in total. The minimum absolute atomic E-state index is 0.0283. The topological polar surface area (TPSA) is 77.2 Å². The van der Waals surface area contributed by atoms with Crippen LogP contribution in [-0.2, 0) is 16.4 Å². The van der Waals surface area contributed by atoms with E-state index in [4.69, 9.17) is 21.8 Å². The van der Waals surface area contributed by atoms with Crippen molar-refractivity contribution >= 4 is 37.2 Å². The molecule has 2 rings (SSSR count). The van der Waals surface area contributed by atoms with Gasteiger partial charge in [-0.25, -0.2) is 0 Å². The van der Waals surface area contributed by atoms with Gasteiger partial charge in [-0.3, -0.25) is 9.78 Å². The molecule has 0 radical (unpaired) electrons. The number of benzene rings is 1. The van der Waals surface area contributed by atoms with Crippen LogP contribution in [0.3, 0.4) is 0 Å². The molecule has 1 amide bonds. The number of hydrogen-bond donors (Lipinski definition) is 2. The largest absolute Gasteiger partial charge is 0.412 e. The van der Waals surface area contributed by atoms with Crippen LogP contribution in [0.1, 0.15) is 63.2 Å². The van der Waals surface area contributed by atoms with E-state index in [9.17, 15) is 4.79 Å². The number of hydrogen-bond acceptors (Lipinski definition) is 4. The van der Waals surface area contributed by atoms with Crippen LogP contribution >= 0.6 is 11.6 Å². The van der Waals surface area contributed by atoms with Crippen molar-refractivity contribution in [3.05, 3.63) is 52.3 Å². The van der Waals surface area contributed by atoms with E-state index in [0.29, 0.717) is 22.0 Å². The van der Waals surface area contributed by atoms with E-state index in [1.807, 2.05) is 18.2 Å². The van der Waals surface area contributed by atoms with Crippen LogP contribution in [0.5, 0.6) is 0 Å². The smallest absolute Gasteiger partial charge is 0.274 e. The minimum atomic E-state index is -2.01. The molecule has 1 aromatic carbocycles. The number of carbonyl (C=O) groups is 1. The van der Waals surface area contributed by atoms with Crippen molar-refractivity contribution in [3.8, 4) is 0 Å². The van der Waals surface area contributed by atoms with E-state index < -0.39 is 8.32 Å². The SMILES string of the molecule is CC(C)(C)c1ccc(NC(=O)c2nccc(Cl)c2CO[Si](C)(C)C(C)(C)C)c(N)c1. The van der Waals surface area contributed by atoms with Crippen molar-refractivity contribution in [3.63, 3.8) is 0 Å². The summed E-state index contributed by atoms with van der Waals surface area (Å²) in [7, 11) is -2.01. The standard InChI is InChI=1S/C23H34ClN3O2Si/c1-22(2,3)15-9-10-19(18(25)13-15)27-21(28)20-16(17(24)11-12-26-20)14-29-30(7,8)23(4,5)6/h9-13H,14,25H2,1-8H3,(H,27,28). The molecule has 0 aliphatic heterocycles. The summed E-state index contributed by atoms with van der Waals surface area (Å²) in [4.78, 5) is 17.3. The van der Waals surface area contributed by atoms with Gasteiger partial charge in [-0.15, -0.1) is 0 Å². The van der Waals surface area contributed by atoms with Crippen molar-refractivity contribution in [1.29, 1.82) is 0 Å². The number of amides is 1. The first-order valence-electron chi connectivity index (χ1n) is 10.1. The third-order valence-electron chi connectivity index (χ3n) is 5.76. The number of halogens is 1. The van der Waals surface area contributed by atoms with Gasteiger partial charge in [0.25, 0.3) is 5.91 Å². The second-order valence-corrected chi connectivity index (χ2v) is 15.4. The molecule has 7 heteroatoms. The quantitative estimate of drug-likeness (QED) is 0.411. The summed E-state index contributed by atoms with van der Waals surface area (Å²) in [5, 5.41) is 3.38. The molecule has 1 aromatic heterocycles. The number of nitrogens with one attached hydrogen (secondary N) is 1. The molecular weight excluding hydrogens is 414 g/mol. The Labute approximate surface area is 186 Å². The van der Waals surface area contributed by atoms with E-state index in [1.54, 1.807) is 6.07 Å². The van der Waals surface area contributed by atoms with E-state index in [2.05, 4.69) is 64.9 Å². The summed E-state index contributed by atoms with van der Waals surface area (Å²) in [6.45, 7) is 17.4. The normalized spacial score (nSPS) is 12.7. The highest BCUT2D eigenvalue weighted by Gasteiger charge is 2.37. The fraction of sp³-hybridized carbons (Fsp3) is 0.478. The van der Waals surface area contributed by atoms with Gasteiger partial charge in [0.15, 0.2) is 8.32 Å². The molecule has 2 aromatic rings. The Morgan fingerprint density at radius 3 is 2.33 bits per heavy atom. The van der Waals surface area contributed by atoms with E-state index in [-0.39, 0.29) is 28.7 Å². The molecule has 5 nitrogen and oxygen atoms in total. The average molecular weight is 448 g/mol. The summed E-state index contributed by atoms with van der Waals surface area (Å²) < 4.78 is 6.29. The zero-order valence-electron chi connectivity index (χ0n) is 19.3. The molecule has 0 atom stereocenters. The summed E-state index contributed by atoms with van der Waals surface area (Å²) >= 11 is 6.41. The Morgan fingerprint density at radius 1 is 1.17 bits per heavy atom. The molecule has 0 saturated carbocycles. The van der Waals surface area contributed by atoms with Crippen molar-refractivity contribution in [2.24, 2.45) is 0 Å². The molecule has 0 fully saturated rings. The number of anilines is 2. The Bertz CT molecular complexity index is 931. The predicted molar refractivity (Wildman–Crippen MR) is 129 cm³/mol. The fourth-order valence-electron chi connectivity index (χ4n) is 2.60. The number of nitrogens with zero attached hydrogens (tertiary/aromatic N) is 1. The first-order chi connectivity index (χ1) is 13.6. The first kappa shape index (κ1) is 24.4. The fourth-order valence-corrected chi connectivity index (χ4v) is 3.73. The summed E-state index contributed by atoms with van der Waals surface area (Å²) in [6, 6.07) is 7.36. The Hall–Kier alpha value is -1.89. The van der Waals surface area contributed by atoms with Gasteiger partial charge in [0, 0.05) is 16.8 Å². The highest BCUT2D eigenvalue weighted by atomic mass is 35.5. The highest BCUT2D eigenvalue weighted by molar-refractivity contribution is 6.74. The van der Waals surface area contributed by atoms with E-state index in [1.165, 1.54) is 6.20 Å². The van der Waals surface area contributed by atoms with Crippen LogP contribution < -0.4 is 11.1 Å². The molecule has 0 saturated heterocycles. The zero-order chi connectivity index (χ0) is 22.9. The van der Waals surface area contributed by atoms with Gasteiger partial charge in [0.1, 0.15) is 5.69 Å². The lowest BCUT2D eigenvalue weighted by Crippen LogP contribution is -2.40. The maximum Gasteiger partial charge on any atom is 0.274 e. The number of carbonyl (C=O) groups excluding carboxylic acids is 1. The van der Waals surface area contributed by atoms with Gasteiger partial charge >= 0.3 is 0 Å². The summed E-state index contributed by atoms with van der Waals surface area (Å²) in [5.41, 5.74) is 9.16. The second kappa shape index (κ2) is 8.69. The third-order valence-corrected chi connectivity index (χ3v) is 10.6. The van der Waals surface area contributed by atoms with Gasteiger partial charge in [-0.05, 0) is 47.3 Å². The first-order valence-corrected chi connectivity index (χ1v) is 13.4. The van der Waals surface area contributed by atoms with Crippen molar-refractivity contribution in [1.82, 2.24) is 4.98 Å². The van der Waals surface area contributed by atoms with Crippen LogP contribution in [0, 0.1) is 0 Å². The van der Waals surface area contributed by atoms with Crippen LogP contribution in [0.4, 0.5) is 11.4 Å². The van der Waals surface area contributed by atoms with Crippen molar-refractivity contribution in [2.75, 3.05) is 11.1 Å². The summed E-state index contributed by atoms with van der Waals surface area (Å²) in [6.07, 6.45) is 1.53. The van der Waals surface area contributed by atoms with Gasteiger partial charge in [0.05, 0.1) is 18.0 Å². The number of nitrogen functional groups attached to an aromatic ring is 1. The lowest BCUT2D eigenvalue weighted by atomic mass is 9.86.